The molecule has 2 rings (SSSR count). The van der Waals surface area contributed by atoms with Crippen LogP contribution in [0.3, 0.4) is 0 Å². The lowest BCUT2D eigenvalue weighted by atomic mass is 9.92. The molecule has 1 aromatic rings. The molecule has 1 heteroatoms. The van der Waals surface area contributed by atoms with Crippen LogP contribution < -0.4 is 0 Å². The standard InChI is InChI=1S/C17H24O/c1-3-4-10-15-12-16(17(18)13(15)2)11-14-8-6-5-7-9-14/h5-9,13,15-16H,3-4,10-12H2,1-2H3/t13-,15+,16+/m1/s1. The molecule has 3 atom stereocenters. The fraction of sp³-hybridized carbons (Fsp3) is 0.588. The van der Waals surface area contributed by atoms with Gasteiger partial charge in [-0.15, -0.1) is 0 Å². The zero-order valence-corrected chi connectivity index (χ0v) is 11.6. The predicted octanol–water partition coefficient (Wildman–Crippen LogP) is 4.26. The Morgan fingerprint density at radius 1 is 1.22 bits per heavy atom. The van der Waals surface area contributed by atoms with Gasteiger partial charge in [0.15, 0.2) is 0 Å². The van der Waals surface area contributed by atoms with E-state index in [4.69, 9.17) is 0 Å². The highest BCUT2D eigenvalue weighted by Gasteiger charge is 2.38. The van der Waals surface area contributed by atoms with E-state index in [9.17, 15) is 4.79 Å². The minimum Gasteiger partial charge on any atom is -0.299 e. The molecule has 98 valence electrons. The molecule has 0 N–H and O–H groups in total. The maximum atomic E-state index is 12.3. The molecule has 1 aliphatic rings. The van der Waals surface area contributed by atoms with E-state index in [0.717, 1.165) is 12.8 Å². The molecule has 1 aromatic carbocycles. The molecule has 0 aliphatic heterocycles. The lowest BCUT2D eigenvalue weighted by molar-refractivity contribution is -0.123. The van der Waals surface area contributed by atoms with Crippen LogP contribution in [-0.4, -0.2) is 5.78 Å². The molecule has 0 heterocycles. The van der Waals surface area contributed by atoms with Gasteiger partial charge in [0.1, 0.15) is 5.78 Å². The molecule has 1 saturated carbocycles. The van der Waals surface area contributed by atoms with E-state index >= 15 is 0 Å². The van der Waals surface area contributed by atoms with Crippen molar-refractivity contribution in [1.82, 2.24) is 0 Å². The largest absolute Gasteiger partial charge is 0.299 e. The number of rotatable bonds is 5. The predicted molar refractivity (Wildman–Crippen MR) is 75.4 cm³/mol. The quantitative estimate of drug-likeness (QED) is 0.756. The summed E-state index contributed by atoms with van der Waals surface area (Å²) in [5.41, 5.74) is 1.30. The molecule has 0 saturated heterocycles. The third kappa shape index (κ3) is 3.01. The molecule has 18 heavy (non-hydrogen) atoms. The summed E-state index contributed by atoms with van der Waals surface area (Å²) in [6.45, 7) is 4.36. The average molecular weight is 244 g/mol. The number of hydrogen-bond donors (Lipinski definition) is 0. The van der Waals surface area contributed by atoms with Gasteiger partial charge in [0.25, 0.3) is 0 Å². The first-order chi connectivity index (χ1) is 8.72. The van der Waals surface area contributed by atoms with Crippen molar-refractivity contribution in [3.63, 3.8) is 0 Å². The normalized spacial score (nSPS) is 27.7. The fourth-order valence-electron chi connectivity index (χ4n) is 3.21. The molecule has 0 bridgehead atoms. The molecular formula is C17H24O. The van der Waals surface area contributed by atoms with Crippen LogP contribution in [0.25, 0.3) is 0 Å². The Morgan fingerprint density at radius 3 is 2.61 bits per heavy atom. The van der Waals surface area contributed by atoms with Crippen molar-refractivity contribution in [2.75, 3.05) is 0 Å². The van der Waals surface area contributed by atoms with Gasteiger partial charge in [-0.05, 0) is 30.7 Å². The van der Waals surface area contributed by atoms with Gasteiger partial charge in [-0.25, -0.2) is 0 Å². The molecule has 1 aliphatic carbocycles. The molecule has 0 aromatic heterocycles. The monoisotopic (exact) mass is 244 g/mol. The SMILES string of the molecule is CCCC[C@H]1C[C@H](Cc2ccccc2)C(=O)[C@@H]1C. The van der Waals surface area contributed by atoms with E-state index in [1.165, 1.54) is 24.8 Å². The van der Waals surface area contributed by atoms with E-state index in [2.05, 4.69) is 38.1 Å². The number of carbonyl (C=O) groups excluding carboxylic acids is 1. The van der Waals surface area contributed by atoms with Gasteiger partial charge in [0, 0.05) is 11.8 Å². The van der Waals surface area contributed by atoms with Gasteiger partial charge < -0.3 is 0 Å². The summed E-state index contributed by atoms with van der Waals surface area (Å²) in [7, 11) is 0. The molecule has 0 radical (unpaired) electrons. The van der Waals surface area contributed by atoms with Crippen molar-refractivity contribution in [1.29, 1.82) is 0 Å². The van der Waals surface area contributed by atoms with Gasteiger partial charge >= 0.3 is 0 Å². The molecule has 0 amide bonds. The lowest BCUT2D eigenvalue weighted by Crippen LogP contribution is -2.15. The second-order valence-corrected chi connectivity index (χ2v) is 5.72. The smallest absolute Gasteiger partial charge is 0.139 e. The average Bonchev–Trinajstić information content (AvgIpc) is 2.66. The molecular weight excluding hydrogens is 220 g/mol. The van der Waals surface area contributed by atoms with Crippen LogP contribution >= 0.6 is 0 Å². The summed E-state index contributed by atoms with van der Waals surface area (Å²) in [5.74, 6) is 1.68. The van der Waals surface area contributed by atoms with Crippen LogP contribution in [0.2, 0.25) is 0 Å². The van der Waals surface area contributed by atoms with Gasteiger partial charge in [0.05, 0.1) is 0 Å². The van der Waals surface area contributed by atoms with Crippen molar-refractivity contribution in [2.24, 2.45) is 17.8 Å². The number of unbranched alkanes of at least 4 members (excludes halogenated alkanes) is 1. The van der Waals surface area contributed by atoms with Crippen LogP contribution in [0.5, 0.6) is 0 Å². The summed E-state index contributed by atoms with van der Waals surface area (Å²) < 4.78 is 0. The maximum absolute atomic E-state index is 12.3. The second kappa shape index (κ2) is 6.17. The van der Waals surface area contributed by atoms with Crippen LogP contribution in [0.1, 0.15) is 45.1 Å². The van der Waals surface area contributed by atoms with Crippen LogP contribution in [-0.2, 0) is 11.2 Å². The van der Waals surface area contributed by atoms with Crippen LogP contribution in [0, 0.1) is 17.8 Å². The molecule has 1 fully saturated rings. The van der Waals surface area contributed by atoms with Crippen molar-refractivity contribution >= 4 is 5.78 Å². The second-order valence-electron chi connectivity index (χ2n) is 5.72. The number of Topliss-reactive ketones (excluding diaryl/α,β-unsaturated/α-hetero) is 1. The van der Waals surface area contributed by atoms with E-state index in [1.54, 1.807) is 0 Å². The summed E-state index contributed by atoms with van der Waals surface area (Å²) in [4.78, 5) is 12.3. The summed E-state index contributed by atoms with van der Waals surface area (Å²) in [6, 6.07) is 10.4. The third-order valence-corrected chi connectivity index (χ3v) is 4.40. The van der Waals surface area contributed by atoms with Crippen LogP contribution in [0.4, 0.5) is 0 Å². The first kappa shape index (κ1) is 13.3. The van der Waals surface area contributed by atoms with Crippen molar-refractivity contribution in [3.8, 4) is 0 Å². The highest BCUT2D eigenvalue weighted by Crippen LogP contribution is 2.37. The van der Waals surface area contributed by atoms with E-state index in [0.29, 0.717) is 11.7 Å². The summed E-state index contributed by atoms with van der Waals surface area (Å²) in [5, 5.41) is 0. The first-order valence-electron chi connectivity index (χ1n) is 7.30. The zero-order chi connectivity index (χ0) is 13.0. The number of benzene rings is 1. The highest BCUT2D eigenvalue weighted by atomic mass is 16.1. The zero-order valence-electron chi connectivity index (χ0n) is 11.6. The highest BCUT2D eigenvalue weighted by molar-refractivity contribution is 5.85. The number of carbonyl (C=O) groups is 1. The number of hydrogen-bond acceptors (Lipinski definition) is 1. The molecule has 0 spiro atoms. The summed E-state index contributed by atoms with van der Waals surface area (Å²) >= 11 is 0. The Hall–Kier alpha value is -1.11. The van der Waals surface area contributed by atoms with Crippen molar-refractivity contribution in [2.45, 2.75) is 46.0 Å². The van der Waals surface area contributed by atoms with Crippen LogP contribution in [0.15, 0.2) is 30.3 Å². The first-order valence-corrected chi connectivity index (χ1v) is 7.30. The van der Waals surface area contributed by atoms with Gasteiger partial charge in [-0.2, -0.15) is 0 Å². The van der Waals surface area contributed by atoms with E-state index in [-0.39, 0.29) is 11.8 Å². The van der Waals surface area contributed by atoms with Gasteiger partial charge in [0.2, 0.25) is 0 Å². The summed E-state index contributed by atoms with van der Waals surface area (Å²) in [6.07, 6.45) is 5.78. The van der Waals surface area contributed by atoms with Crippen molar-refractivity contribution < 1.29 is 4.79 Å². The third-order valence-electron chi connectivity index (χ3n) is 4.40. The Kier molecular flexibility index (Phi) is 4.57. The van der Waals surface area contributed by atoms with Crippen molar-refractivity contribution in [3.05, 3.63) is 35.9 Å². The minimum absolute atomic E-state index is 0.268. The maximum Gasteiger partial charge on any atom is 0.139 e. The Labute approximate surface area is 111 Å². The van der Waals surface area contributed by atoms with E-state index in [1.807, 2.05) is 6.07 Å². The Bertz CT molecular complexity index is 382. The lowest BCUT2D eigenvalue weighted by Gasteiger charge is -2.12. The number of ketones is 1. The fourth-order valence-corrected chi connectivity index (χ4v) is 3.21. The van der Waals surface area contributed by atoms with E-state index < -0.39 is 0 Å². The van der Waals surface area contributed by atoms with Gasteiger partial charge in [-0.3, -0.25) is 4.79 Å². The topological polar surface area (TPSA) is 17.1 Å². The Balaban J connectivity index is 1.96. The Morgan fingerprint density at radius 2 is 1.94 bits per heavy atom. The molecule has 1 nitrogen and oxygen atoms in total. The minimum atomic E-state index is 0.268. The van der Waals surface area contributed by atoms with Gasteiger partial charge in [-0.1, -0.05) is 57.0 Å². The molecule has 0 unspecified atom stereocenters.